The van der Waals surface area contributed by atoms with Crippen molar-refractivity contribution in [3.05, 3.63) is 17.8 Å². The summed E-state index contributed by atoms with van der Waals surface area (Å²) in [6, 6.07) is -0.114. The highest BCUT2D eigenvalue weighted by Gasteiger charge is 2.10. The maximum atomic E-state index is 5.93. The summed E-state index contributed by atoms with van der Waals surface area (Å²) in [7, 11) is 0. The van der Waals surface area contributed by atoms with Crippen molar-refractivity contribution in [2.75, 3.05) is 6.54 Å². The number of amidine groups is 1. The molecule has 0 amide bonds. The van der Waals surface area contributed by atoms with Crippen LogP contribution in [0.1, 0.15) is 43.9 Å². The summed E-state index contributed by atoms with van der Waals surface area (Å²) in [5, 5.41) is 0. The van der Waals surface area contributed by atoms with Gasteiger partial charge in [0.05, 0.1) is 18.1 Å². The average Bonchev–Trinajstić information content (AvgIpc) is 2.63. The predicted molar refractivity (Wildman–Crippen MR) is 64.2 cm³/mol. The Hall–Kier alpha value is -1.36. The predicted octanol–water partition coefficient (Wildman–Crippen LogP) is 1.53. The van der Waals surface area contributed by atoms with Crippen molar-refractivity contribution in [2.24, 2.45) is 16.5 Å². The lowest BCUT2D eigenvalue weighted by atomic mass is 10.1. The number of rotatable bonds is 6. The highest BCUT2D eigenvalue weighted by molar-refractivity contribution is 5.77. The van der Waals surface area contributed by atoms with E-state index >= 15 is 0 Å². The summed E-state index contributed by atoms with van der Waals surface area (Å²) in [5.41, 5.74) is 11.4. The van der Waals surface area contributed by atoms with Gasteiger partial charge < -0.3 is 15.9 Å². The van der Waals surface area contributed by atoms with Gasteiger partial charge in [0.15, 0.2) is 0 Å². The summed E-state index contributed by atoms with van der Waals surface area (Å²) in [4.78, 5) is 8.22. The number of unbranched alkanes of at least 4 members (excludes halogenated alkanes) is 1. The number of oxazole rings is 1. The van der Waals surface area contributed by atoms with E-state index < -0.39 is 0 Å². The molecule has 1 aromatic rings. The molecule has 1 rings (SSSR count). The molecule has 0 aliphatic heterocycles. The molecule has 0 aliphatic carbocycles. The summed E-state index contributed by atoms with van der Waals surface area (Å²) < 4.78 is 5.36. The molecule has 1 unspecified atom stereocenters. The Morgan fingerprint density at radius 2 is 2.31 bits per heavy atom. The zero-order valence-corrected chi connectivity index (χ0v) is 9.94. The Morgan fingerprint density at radius 3 is 2.88 bits per heavy atom. The lowest BCUT2D eigenvalue weighted by molar-refractivity contribution is 0.414. The molecule has 5 heteroatoms. The Labute approximate surface area is 95.9 Å². The van der Waals surface area contributed by atoms with Crippen LogP contribution in [-0.4, -0.2) is 17.4 Å². The molecular weight excluding hydrogens is 204 g/mol. The van der Waals surface area contributed by atoms with Gasteiger partial charge in [-0.2, -0.15) is 0 Å². The summed E-state index contributed by atoms with van der Waals surface area (Å²) >= 11 is 0. The quantitative estimate of drug-likeness (QED) is 0.435. The molecule has 0 saturated heterocycles. The Bertz CT molecular complexity index is 342. The summed E-state index contributed by atoms with van der Waals surface area (Å²) in [6.45, 7) is 4.42. The van der Waals surface area contributed by atoms with E-state index in [1.165, 1.54) is 0 Å². The average molecular weight is 224 g/mol. The smallest absolute Gasteiger partial charge is 0.211 e. The fourth-order valence-corrected chi connectivity index (χ4v) is 1.40. The standard InChI is InChI=1S/C11H20N4O/c1-8-7-15-11(16-8)10(13)5-3-4-6-14-9(2)12/h7,10H,3-6,13H2,1-2H3,(H2,12,14). The fraction of sp³-hybridized carbons (Fsp3) is 0.636. The van der Waals surface area contributed by atoms with Gasteiger partial charge >= 0.3 is 0 Å². The molecule has 0 saturated carbocycles. The second-order valence-corrected chi connectivity index (χ2v) is 3.93. The molecule has 0 aromatic carbocycles. The number of nitrogens with two attached hydrogens (primary N) is 2. The molecular formula is C11H20N4O. The topological polar surface area (TPSA) is 90.4 Å². The lowest BCUT2D eigenvalue weighted by Crippen LogP contribution is -2.11. The van der Waals surface area contributed by atoms with E-state index in [-0.39, 0.29) is 6.04 Å². The molecule has 90 valence electrons. The van der Waals surface area contributed by atoms with Crippen molar-refractivity contribution in [2.45, 2.75) is 39.2 Å². The van der Waals surface area contributed by atoms with Crippen LogP contribution in [0, 0.1) is 6.92 Å². The van der Waals surface area contributed by atoms with E-state index in [2.05, 4.69) is 9.98 Å². The van der Waals surface area contributed by atoms with Crippen LogP contribution in [0.15, 0.2) is 15.6 Å². The molecule has 16 heavy (non-hydrogen) atoms. The van der Waals surface area contributed by atoms with Crippen LogP contribution >= 0.6 is 0 Å². The van der Waals surface area contributed by atoms with Crippen molar-refractivity contribution >= 4 is 5.84 Å². The van der Waals surface area contributed by atoms with Crippen LogP contribution < -0.4 is 11.5 Å². The normalized spacial score (nSPS) is 14.1. The van der Waals surface area contributed by atoms with Crippen molar-refractivity contribution in [1.82, 2.24) is 4.98 Å². The first-order valence-corrected chi connectivity index (χ1v) is 5.54. The lowest BCUT2D eigenvalue weighted by Gasteiger charge is -2.06. The van der Waals surface area contributed by atoms with Crippen LogP contribution in [0.5, 0.6) is 0 Å². The van der Waals surface area contributed by atoms with Gasteiger partial charge in [-0.05, 0) is 33.1 Å². The van der Waals surface area contributed by atoms with Gasteiger partial charge in [-0.1, -0.05) is 0 Å². The summed E-state index contributed by atoms with van der Waals surface area (Å²) in [6.07, 6.45) is 4.54. The minimum Gasteiger partial charge on any atom is -0.444 e. The van der Waals surface area contributed by atoms with E-state index in [1.54, 1.807) is 13.1 Å². The van der Waals surface area contributed by atoms with Crippen LogP contribution in [0.3, 0.4) is 0 Å². The summed E-state index contributed by atoms with van der Waals surface area (Å²) in [5.74, 6) is 2.05. The largest absolute Gasteiger partial charge is 0.444 e. The zero-order chi connectivity index (χ0) is 12.0. The molecule has 5 nitrogen and oxygen atoms in total. The maximum absolute atomic E-state index is 5.93. The van der Waals surface area contributed by atoms with Crippen molar-refractivity contribution < 1.29 is 4.42 Å². The van der Waals surface area contributed by atoms with Crippen molar-refractivity contribution in [3.8, 4) is 0 Å². The van der Waals surface area contributed by atoms with Gasteiger partial charge in [0.1, 0.15) is 5.76 Å². The number of aryl methyl sites for hydroxylation is 1. The van der Waals surface area contributed by atoms with E-state index in [9.17, 15) is 0 Å². The Morgan fingerprint density at radius 1 is 1.56 bits per heavy atom. The number of aliphatic imine (C=N–C) groups is 1. The second-order valence-electron chi connectivity index (χ2n) is 3.93. The maximum Gasteiger partial charge on any atom is 0.211 e. The number of hydrogen-bond donors (Lipinski definition) is 2. The van der Waals surface area contributed by atoms with Gasteiger partial charge in [0, 0.05) is 6.54 Å². The molecule has 1 heterocycles. The highest BCUT2D eigenvalue weighted by Crippen LogP contribution is 2.16. The third-order valence-electron chi connectivity index (χ3n) is 2.24. The zero-order valence-electron chi connectivity index (χ0n) is 9.94. The Balaban J connectivity index is 2.20. The molecule has 0 aliphatic rings. The first-order valence-electron chi connectivity index (χ1n) is 5.54. The second kappa shape index (κ2) is 6.27. The van der Waals surface area contributed by atoms with Gasteiger partial charge in [-0.25, -0.2) is 4.98 Å². The molecule has 0 spiro atoms. The van der Waals surface area contributed by atoms with Gasteiger partial charge in [0.25, 0.3) is 0 Å². The van der Waals surface area contributed by atoms with Crippen molar-refractivity contribution in [1.29, 1.82) is 0 Å². The first-order chi connectivity index (χ1) is 7.59. The number of hydrogen-bond acceptors (Lipinski definition) is 4. The van der Waals surface area contributed by atoms with E-state index in [1.807, 2.05) is 6.92 Å². The molecule has 0 bridgehead atoms. The van der Waals surface area contributed by atoms with Gasteiger partial charge in [-0.3, -0.25) is 4.99 Å². The van der Waals surface area contributed by atoms with Crippen LogP contribution in [0.4, 0.5) is 0 Å². The third kappa shape index (κ3) is 4.44. The van der Waals surface area contributed by atoms with E-state index in [0.717, 1.165) is 31.6 Å². The molecule has 0 radical (unpaired) electrons. The highest BCUT2D eigenvalue weighted by atomic mass is 16.4. The van der Waals surface area contributed by atoms with Crippen LogP contribution in [0.25, 0.3) is 0 Å². The number of nitrogens with zero attached hydrogens (tertiary/aromatic N) is 2. The van der Waals surface area contributed by atoms with Crippen LogP contribution in [0.2, 0.25) is 0 Å². The van der Waals surface area contributed by atoms with E-state index in [0.29, 0.717) is 11.7 Å². The minimum absolute atomic E-state index is 0.114. The van der Waals surface area contributed by atoms with Crippen molar-refractivity contribution in [3.63, 3.8) is 0 Å². The number of aromatic nitrogens is 1. The molecule has 4 N–H and O–H groups in total. The van der Waals surface area contributed by atoms with Crippen LogP contribution in [-0.2, 0) is 0 Å². The van der Waals surface area contributed by atoms with E-state index in [4.69, 9.17) is 15.9 Å². The Kier molecular flexibility index (Phi) is 4.98. The molecule has 1 aromatic heterocycles. The van der Waals surface area contributed by atoms with Gasteiger partial charge in [0.2, 0.25) is 5.89 Å². The monoisotopic (exact) mass is 224 g/mol. The molecule has 1 atom stereocenters. The first kappa shape index (κ1) is 12.7. The third-order valence-corrected chi connectivity index (χ3v) is 2.24. The minimum atomic E-state index is -0.114. The van der Waals surface area contributed by atoms with Gasteiger partial charge in [-0.15, -0.1) is 0 Å². The SMILES string of the molecule is CC(N)=NCCCCC(N)c1ncc(C)o1. The fourth-order valence-electron chi connectivity index (χ4n) is 1.40. The molecule has 0 fully saturated rings.